The van der Waals surface area contributed by atoms with Crippen molar-refractivity contribution in [2.24, 2.45) is 0 Å². The number of fused-ring (bicyclic) bond motifs is 1. The minimum atomic E-state index is -4.58. The van der Waals surface area contributed by atoms with Gasteiger partial charge in [-0.1, -0.05) is 35.9 Å². The van der Waals surface area contributed by atoms with E-state index in [0.717, 1.165) is 0 Å². The fraction of sp³-hybridized carbons (Fsp3) is 0.250. The molecule has 0 aliphatic rings. The van der Waals surface area contributed by atoms with Crippen LogP contribution in [0.5, 0.6) is 0 Å². The average Bonchev–Trinajstić information content (AvgIpc) is 2.95. The van der Waals surface area contributed by atoms with E-state index in [2.05, 4.69) is 0 Å². The molecule has 0 fully saturated rings. The van der Waals surface area contributed by atoms with Crippen molar-refractivity contribution in [3.63, 3.8) is 0 Å². The zero-order chi connectivity index (χ0) is 20.0. The molecule has 3 aromatic rings. The van der Waals surface area contributed by atoms with Crippen LogP contribution >= 0.6 is 11.6 Å². The van der Waals surface area contributed by atoms with Crippen LogP contribution in [0.4, 0.5) is 18.0 Å². The van der Waals surface area contributed by atoms with Crippen LogP contribution in [-0.2, 0) is 10.9 Å². The zero-order valence-electron chi connectivity index (χ0n) is 14.9. The Balaban J connectivity index is 2.07. The summed E-state index contributed by atoms with van der Waals surface area (Å²) >= 11 is 5.80. The summed E-state index contributed by atoms with van der Waals surface area (Å²) < 4.78 is 46.9. The van der Waals surface area contributed by atoms with E-state index in [1.165, 1.54) is 29.0 Å². The second kappa shape index (κ2) is 6.60. The average molecular weight is 396 g/mol. The fourth-order valence-corrected chi connectivity index (χ4v) is 3.06. The number of hydrogen-bond donors (Lipinski definition) is 0. The van der Waals surface area contributed by atoms with Gasteiger partial charge >= 0.3 is 12.3 Å². The summed E-state index contributed by atoms with van der Waals surface area (Å²) in [7, 11) is 0. The first-order valence-electron chi connectivity index (χ1n) is 8.17. The second-order valence-corrected chi connectivity index (χ2v) is 7.56. The van der Waals surface area contributed by atoms with E-state index in [0.29, 0.717) is 16.3 Å². The molecule has 1 aromatic heterocycles. The highest BCUT2D eigenvalue weighted by atomic mass is 35.5. The van der Waals surface area contributed by atoms with E-state index >= 15 is 0 Å². The minimum absolute atomic E-state index is 0.0121. The van der Waals surface area contributed by atoms with Crippen molar-refractivity contribution >= 4 is 28.5 Å². The maximum atomic E-state index is 13.4. The van der Waals surface area contributed by atoms with Gasteiger partial charge in [-0.3, -0.25) is 4.57 Å². The Morgan fingerprint density at radius 3 is 2.33 bits per heavy atom. The van der Waals surface area contributed by atoms with Crippen molar-refractivity contribution in [1.29, 1.82) is 0 Å². The summed E-state index contributed by atoms with van der Waals surface area (Å²) in [5, 5.41) is 0.970. The number of rotatable bonds is 1. The summed E-state index contributed by atoms with van der Waals surface area (Å²) in [6, 6.07) is 8.89. The van der Waals surface area contributed by atoms with Gasteiger partial charge in [-0.25, -0.2) is 4.79 Å². The van der Waals surface area contributed by atoms with E-state index in [1.54, 1.807) is 45.2 Å². The molecule has 0 bridgehead atoms. The number of alkyl halides is 3. The predicted molar refractivity (Wildman–Crippen MR) is 99.0 cm³/mol. The zero-order valence-corrected chi connectivity index (χ0v) is 15.7. The number of carbonyl (C=O) groups is 1. The maximum absolute atomic E-state index is 13.4. The molecule has 0 saturated carbocycles. The molecule has 0 amide bonds. The lowest BCUT2D eigenvalue weighted by Crippen LogP contribution is -2.26. The van der Waals surface area contributed by atoms with Crippen molar-refractivity contribution in [2.75, 3.05) is 0 Å². The molecular weight excluding hydrogens is 379 g/mol. The van der Waals surface area contributed by atoms with Gasteiger partial charge in [-0.15, -0.1) is 0 Å². The first-order valence-corrected chi connectivity index (χ1v) is 8.55. The third kappa shape index (κ3) is 4.11. The number of aromatic nitrogens is 1. The Kier molecular flexibility index (Phi) is 4.72. The maximum Gasteiger partial charge on any atom is 0.418 e. The van der Waals surface area contributed by atoms with Crippen LogP contribution < -0.4 is 0 Å². The summed E-state index contributed by atoms with van der Waals surface area (Å²) in [6.45, 7) is 5.26. The van der Waals surface area contributed by atoms with Gasteiger partial charge in [0.05, 0.1) is 10.6 Å². The van der Waals surface area contributed by atoms with E-state index < -0.39 is 23.4 Å². The smallest absolute Gasteiger partial charge is 0.418 e. The normalized spacial score (nSPS) is 12.4. The van der Waals surface area contributed by atoms with Crippen LogP contribution in [0.15, 0.2) is 48.8 Å². The largest absolute Gasteiger partial charge is 0.443 e. The monoisotopic (exact) mass is 395 g/mol. The van der Waals surface area contributed by atoms with Crippen LogP contribution in [0.3, 0.4) is 0 Å². The molecule has 2 aromatic carbocycles. The first-order chi connectivity index (χ1) is 12.5. The lowest BCUT2D eigenvalue weighted by molar-refractivity contribution is -0.137. The van der Waals surface area contributed by atoms with Crippen molar-refractivity contribution in [3.05, 3.63) is 59.4 Å². The summed E-state index contributed by atoms with van der Waals surface area (Å²) in [6.07, 6.45) is -2.02. The van der Waals surface area contributed by atoms with Crippen molar-refractivity contribution < 1.29 is 22.7 Å². The van der Waals surface area contributed by atoms with Crippen LogP contribution in [0.25, 0.3) is 21.9 Å². The van der Waals surface area contributed by atoms with Gasteiger partial charge in [0.2, 0.25) is 0 Å². The topological polar surface area (TPSA) is 31.2 Å². The second-order valence-electron chi connectivity index (χ2n) is 7.15. The van der Waals surface area contributed by atoms with Crippen LogP contribution in [-0.4, -0.2) is 16.3 Å². The van der Waals surface area contributed by atoms with Crippen LogP contribution in [0.2, 0.25) is 5.02 Å². The molecule has 0 spiro atoms. The molecule has 142 valence electrons. The minimum Gasteiger partial charge on any atom is -0.443 e. The number of halogens is 4. The fourth-order valence-electron chi connectivity index (χ4n) is 2.78. The predicted octanol–water partition coefficient (Wildman–Crippen LogP) is 6.76. The summed E-state index contributed by atoms with van der Waals surface area (Å²) in [5.41, 5.74) is -1.18. The van der Waals surface area contributed by atoms with Crippen LogP contribution in [0, 0.1) is 0 Å². The molecule has 3 nitrogen and oxygen atoms in total. The van der Waals surface area contributed by atoms with Gasteiger partial charge in [0.1, 0.15) is 5.60 Å². The highest BCUT2D eigenvalue weighted by Crippen LogP contribution is 2.41. The van der Waals surface area contributed by atoms with Crippen molar-refractivity contribution in [2.45, 2.75) is 32.5 Å². The van der Waals surface area contributed by atoms with Crippen molar-refractivity contribution in [3.8, 4) is 11.1 Å². The molecular formula is C20H17ClF3NO2. The molecule has 7 heteroatoms. The number of ether oxygens (including phenoxy) is 1. The van der Waals surface area contributed by atoms with Gasteiger partial charge < -0.3 is 4.74 Å². The lowest BCUT2D eigenvalue weighted by Gasteiger charge is -2.19. The molecule has 0 aliphatic heterocycles. The Bertz CT molecular complexity index is 1020. The third-order valence-corrected chi connectivity index (χ3v) is 4.17. The van der Waals surface area contributed by atoms with Gasteiger partial charge in [-0.2, -0.15) is 13.2 Å². The Hall–Kier alpha value is -2.47. The molecule has 0 N–H and O–H groups in total. The standard InChI is InChI=1S/C20H17ClF3NO2/c1-19(2,3)27-18(26)25-10-13-8-7-12(9-14(13)11-25)15-5-4-6-16(21)17(15)20(22,23)24/h4-11H,1-3H3. The SMILES string of the molecule is CC(C)(C)OC(=O)n1cc2ccc(-c3cccc(Cl)c3C(F)(F)F)cc2c1. The third-order valence-electron chi connectivity index (χ3n) is 3.86. The van der Waals surface area contributed by atoms with Crippen LogP contribution in [0.1, 0.15) is 26.3 Å². The quantitative estimate of drug-likeness (QED) is 0.455. The molecule has 27 heavy (non-hydrogen) atoms. The summed E-state index contributed by atoms with van der Waals surface area (Å²) in [5.74, 6) is 0. The highest BCUT2D eigenvalue weighted by molar-refractivity contribution is 6.31. The number of benzene rings is 2. The van der Waals surface area contributed by atoms with E-state index in [-0.39, 0.29) is 10.6 Å². The summed E-state index contributed by atoms with van der Waals surface area (Å²) in [4.78, 5) is 12.2. The molecule has 0 saturated heterocycles. The van der Waals surface area contributed by atoms with E-state index in [4.69, 9.17) is 16.3 Å². The number of carbonyl (C=O) groups excluding carboxylic acids is 1. The van der Waals surface area contributed by atoms with E-state index in [9.17, 15) is 18.0 Å². The van der Waals surface area contributed by atoms with E-state index in [1.807, 2.05) is 0 Å². The van der Waals surface area contributed by atoms with Gasteiger partial charge in [-0.05, 0) is 44.0 Å². The Morgan fingerprint density at radius 2 is 1.70 bits per heavy atom. The van der Waals surface area contributed by atoms with Gasteiger partial charge in [0.15, 0.2) is 0 Å². The number of nitrogens with zero attached hydrogens (tertiary/aromatic N) is 1. The highest BCUT2D eigenvalue weighted by Gasteiger charge is 2.36. The lowest BCUT2D eigenvalue weighted by atomic mass is 9.98. The molecule has 3 rings (SSSR count). The Labute approximate surface area is 159 Å². The molecule has 1 heterocycles. The molecule has 0 atom stereocenters. The first kappa shape index (κ1) is 19.3. The Morgan fingerprint density at radius 1 is 1.04 bits per heavy atom. The van der Waals surface area contributed by atoms with Crippen molar-refractivity contribution in [1.82, 2.24) is 4.57 Å². The molecule has 0 radical (unpaired) electrons. The molecule has 0 aliphatic carbocycles. The van der Waals surface area contributed by atoms with Gasteiger partial charge in [0.25, 0.3) is 0 Å². The molecule has 0 unspecified atom stereocenters. The van der Waals surface area contributed by atoms with Gasteiger partial charge in [0, 0.05) is 23.2 Å². The number of hydrogen-bond acceptors (Lipinski definition) is 2.